The largest absolute Gasteiger partial charge is 0.457 e. The Labute approximate surface area is 270 Å². The molecule has 3 atom stereocenters. The van der Waals surface area contributed by atoms with Gasteiger partial charge in [0.1, 0.15) is 17.5 Å². The molecule has 248 valence electrons. The second-order valence-electron chi connectivity index (χ2n) is 12.4. The van der Waals surface area contributed by atoms with E-state index >= 15 is 0 Å². The highest BCUT2D eigenvalue weighted by atomic mass is 16.6. The number of methoxy groups -OCH3 is 1. The smallest absolute Gasteiger partial charge is 0.417 e. The Morgan fingerprint density at radius 1 is 1.07 bits per heavy atom. The maximum absolute atomic E-state index is 13.8. The molecule has 1 N–H and O–H groups in total. The lowest BCUT2D eigenvalue weighted by Gasteiger charge is -2.31. The minimum Gasteiger partial charge on any atom is -0.457 e. The summed E-state index contributed by atoms with van der Waals surface area (Å²) in [6.45, 7) is 10.0. The summed E-state index contributed by atoms with van der Waals surface area (Å²) in [5.41, 5.74) is 2.69. The molecule has 1 aliphatic rings. The van der Waals surface area contributed by atoms with Crippen molar-refractivity contribution in [1.82, 2.24) is 4.90 Å². The molecular formula is C36H45NO9. The van der Waals surface area contributed by atoms with Gasteiger partial charge in [-0.15, -0.1) is 0 Å². The van der Waals surface area contributed by atoms with Gasteiger partial charge in [0.15, 0.2) is 5.76 Å². The summed E-state index contributed by atoms with van der Waals surface area (Å²) in [5.74, 6) is -1.09. The zero-order valence-electron chi connectivity index (χ0n) is 27.5. The first-order valence-electron chi connectivity index (χ1n) is 15.6. The van der Waals surface area contributed by atoms with E-state index in [4.69, 9.17) is 23.4 Å². The topological polar surface area (TPSA) is 125 Å². The molecule has 0 bridgehead atoms. The van der Waals surface area contributed by atoms with Gasteiger partial charge in [-0.1, -0.05) is 74.0 Å². The number of Topliss-reactive ketones (excluding diaryl/α,β-unsaturated/α-hetero) is 1. The van der Waals surface area contributed by atoms with Gasteiger partial charge in [-0.2, -0.15) is 0 Å². The molecule has 2 aromatic carbocycles. The van der Waals surface area contributed by atoms with E-state index < -0.39 is 41.6 Å². The van der Waals surface area contributed by atoms with Crippen molar-refractivity contribution in [1.29, 1.82) is 0 Å². The number of nitrogens with zero attached hydrogens (tertiary/aromatic N) is 1. The van der Waals surface area contributed by atoms with Crippen molar-refractivity contribution < 1.29 is 42.9 Å². The van der Waals surface area contributed by atoms with Crippen LogP contribution in [0.15, 0.2) is 65.1 Å². The molecule has 10 heteroatoms. The van der Waals surface area contributed by atoms with Crippen LogP contribution in [0.1, 0.15) is 61.6 Å². The van der Waals surface area contributed by atoms with Gasteiger partial charge < -0.3 is 28.5 Å². The molecule has 2 amide bonds. The van der Waals surface area contributed by atoms with E-state index in [1.54, 1.807) is 19.9 Å². The Kier molecular flexibility index (Phi) is 11.9. The summed E-state index contributed by atoms with van der Waals surface area (Å²) in [6, 6.07) is 18.6. The quantitative estimate of drug-likeness (QED) is 0.119. The van der Waals surface area contributed by atoms with Crippen LogP contribution in [0, 0.1) is 12.8 Å². The van der Waals surface area contributed by atoms with Crippen molar-refractivity contribution >= 4 is 17.8 Å². The van der Waals surface area contributed by atoms with Crippen LogP contribution in [-0.2, 0) is 36.8 Å². The minimum absolute atomic E-state index is 0.0461. The summed E-state index contributed by atoms with van der Waals surface area (Å²) in [6.07, 6.45) is -1.86. The number of hydrogen-bond acceptors (Lipinski definition) is 9. The van der Waals surface area contributed by atoms with E-state index in [0.717, 1.165) is 27.2 Å². The Bertz CT molecular complexity index is 1480. The molecular weight excluding hydrogens is 590 g/mol. The first-order chi connectivity index (χ1) is 22.0. The molecule has 1 fully saturated rings. The van der Waals surface area contributed by atoms with Crippen molar-refractivity contribution in [3.63, 3.8) is 0 Å². The maximum atomic E-state index is 13.8. The number of ketones is 1. The number of carbonyl (C=O) groups is 3. The van der Waals surface area contributed by atoms with Crippen molar-refractivity contribution in [2.45, 2.75) is 77.9 Å². The molecule has 0 spiro atoms. The summed E-state index contributed by atoms with van der Waals surface area (Å²) < 4.78 is 28.6. The van der Waals surface area contributed by atoms with Crippen LogP contribution in [0.2, 0.25) is 0 Å². The lowest BCUT2D eigenvalue weighted by atomic mass is 9.88. The van der Waals surface area contributed by atoms with Gasteiger partial charge in [0.2, 0.25) is 11.9 Å². The fourth-order valence-corrected chi connectivity index (χ4v) is 5.95. The van der Waals surface area contributed by atoms with Crippen LogP contribution < -0.4 is 0 Å². The average molecular weight is 636 g/mol. The number of furan rings is 1. The average Bonchev–Trinajstić information content (AvgIpc) is 3.56. The van der Waals surface area contributed by atoms with E-state index in [1.807, 2.05) is 75.4 Å². The highest BCUT2D eigenvalue weighted by molar-refractivity contribution is 6.14. The number of carbonyl (C=O) groups excluding carboxylic acids is 3. The number of cyclic esters (lactones) is 1. The first kappa shape index (κ1) is 35.0. The second-order valence-corrected chi connectivity index (χ2v) is 12.4. The molecule has 0 unspecified atom stereocenters. The van der Waals surface area contributed by atoms with Crippen LogP contribution in [0.25, 0.3) is 11.1 Å². The Balaban J connectivity index is 1.46. The fraction of sp³-hybridized carbons (Fsp3) is 0.472. The van der Waals surface area contributed by atoms with E-state index in [9.17, 15) is 19.5 Å². The third-order valence-electron chi connectivity index (χ3n) is 8.01. The van der Waals surface area contributed by atoms with E-state index in [1.165, 1.54) is 7.11 Å². The number of rotatable bonds is 16. The number of aliphatic hydroxyl groups is 1. The van der Waals surface area contributed by atoms with Crippen LogP contribution in [0.5, 0.6) is 0 Å². The maximum Gasteiger partial charge on any atom is 0.417 e. The van der Waals surface area contributed by atoms with E-state index in [0.29, 0.717) is 31.8 Å². The number of imide groups is 1. The predicted octanol–water partition coefficient (Wildman–Crippen LogP) is 5.76. The van der Waals surface area contributed by atoms with Crippen LogP contribution in [0.3, 0.4) is 0 Å². The van der Waals surface area contributed by atoms with Gasteiger partial charge in [0.25, 0.3) is 5.91 Å². The SMILES string of the molecule is CO[C@@H](C(=O)c1cc(-c2cccc(C)c2)c(CCCOC[C@@H](CO)OCc2ccccc2)o1)C(=O)N1C(=O)OC(C)(C)[C@@H]1C(C)C. The summed E-state index contributed by atoms with van der Waals surface area (Å²) in [5, 5.41) is 9.72. The monoisotopic (exact) mass is 635 g/mol. The van der Waals surface area contributed by atoms with E-state index in [-0.39, 0.29) is 24.9 Å². The van der Waals surface area contributed by atoms with Crippen molar-refractivity contribution in [3.8, 4) is 11.1 Å². The van der Waals surface area contributed by atoms with Crippen LogP contribution in [0.4, 0.5) is 4.79 Å². The molecule has 0 saturated carbocycles. The zero-order chi connectivity index (χ0) is 33.4. The lowest BCUT2D eigenvalue weighted by molar-refractivity contribution is -0.138. The molecule has 0 radical (unpaired) electrons. The molecule has 4 rings (SSSR count). The summed E-state index contributed by atoms with van der Waals surface area (Å²) >= 11 is 0. The van der Waals surface area contributed by atoms with E-state index in [2.05, 4.69) is 0 Å². The molecule has 1 aliphatic heterocycles. The number of benzene rings is 2. The second kappa shape index (κ2) is 15.6. The standard InChI is InChI=1S/C36H45NO9/c1-23(2)33-36(4,5)46-35(41)37(33)34(40)32(42-6)31(39)30-19-28(26-15-10-12-24(3)18-26)29(45-30)16-11-17-43-22-27(20-38)44-21-25-13-8-7-9-14-25/h7-10,12-15,18-19,23,27,32-33,38H,11,16-17,20-22H2,1-6H3/t27-,32+,33+/m1/s1. The molecule has 10 nitrogen and oxygen atoms in total. The minimum atomic E-state index is -1.60. The van der Waals surface area contributed by atoms with Crippen molar-refractivity contribution in [2.75, 3.05) is 26.9 Å². The van der Waals surface area contributed by atoms with Gasteiger partial charge in [-0.05, 0) is 50.3 Å². The van der Waals surface area contributed by atoms with Crippen LogP contribution >= 0.6 is 0 Å². The Hall–Kier alpha value is -3.83. The molecule has 1 saturated heterocycles. The highest BCUT2D eigenvalue weighted by Gasteiger charge is 2.54. The number of hydrogen-bond donors (Lipinski definition) is 1. The van der Waals surface area contributed by atoms with Gasteiger partial charge in [0, 0.05) is 25.7 Å². The highest BCUT2D eigenvalue weighted by Crippen LogP contribution is 2.35. The first-order valence-corrected chi connectivity index (χ1v) is 15.6. The number of ether oxygens (including phenoxy) is 4. The number of aliphatic hydroxyl groups excluding tert-OH is 1. The number of amides is 2. The van der Waals surface area contributed by atoms with Gasteiger partial charge >= 0.3 is 6.09 Å². The number of aryl methyl sites for hydroxylation is 2. The van der Waals surface area contributed by atoms with Gasteiger partial charge in [-0.25, -0.2) is 9.69 Å². The fourth-order valence-electron chi connectivity index (χ4n) is 5.95. The van der Waals surface area contributed by atoms with Crippen molar-refractivity contribution in [3.05, 3.63) is 83.3 Å². The normalized spacial score (nSPS) is 17.3. The van der Waals surface area contributed by atoms with Crippen LogP contribution in [-0.4, -0.2) is 78.6 Å². The summed E-state index contributed by atoms with van der Waals surface area (Å²) in [4.78, 5) is 41.2. The third kappa shape index (κ3) is 8.30. The molecule has 0 aliphatic carbocycles. The Morgan fingerprint density at radius 2 is 1.80 bits per heavy atom. The lowest BCUT2D eigenvalue weighted by Crippen LogP contribution is -2.53. The Morgan fingerprint density at radius 3 is 2.46 bits per heavy atom. The van der Waals surface area contributed by atoms with Gasteiger partial charge in [0.05, 0.1) is 25.9 Å². The van der Waals surface area contributed by atoms with Crippen molar-refractivity contribution in [2.24, 2.45) is 5.92 Å². The summed E-state index contributed by atoms with van der Waals surface area (Å²) in [7, 11) is 1.25. The zero-order valence-corrected chi connectivity index (χ0v) is 27.5. The molecule has 46 heavy (non-hydrogen) atoms. The van der Waals surface area contributed by atoms with Gasteiger partial charge in [-0.3, -0.25) is 9.59 Å². The molecule has 3 aromatic rings. The molecule has 2 heterocycles. The third-order valence-corrected chi connectivity index (χ3v) is 8.01. The predicted molar refractivity (Wildman–Crippen MR) is 171 cm³/mol. The molecule has 1 aromatic heterocycles.